The van der Waals surface area contributed by atoms with E-state index in [1.54, 1.807) is 0 Å². The van der Waals surface area contributed by atoms with E-state index in [9.17, 15) is 28.3 Å². The number of carbonyl (C=O) groups is 1. The fraction of sp³-hybridized carbons (Fsp3) is 0.158. The Morgan fingerprint density at radius 2 is 1.83 bits per heavy atom. The van der Waals surface area contributed by atoms with E-state index in [1.165, 1.54) is 35.5 Å². The number of aliphatic hydroxyl groups is 1. The molecule has 0 amide bonds. The zero-order valence-electron chi connectivity index (χ0n) is 14.9. The van der Waals surface area contributed by atoms with Crippen LogP contribution in [0.1, 0.15) is 27.9 Å². The average Bonchev–Trinajstić information content (AvgIpc) is 3.20. The molecule has 1 heterocycles. The Hall–Kier alpha value is -2.93. The molecule has 0 aliphatic carbocycles. The molecule has 1 N–H and O–H groups in total. The van der Waals surface area contributed by atoms with Gasteiger partial charge in [-0.05, 0) is 42.0 Å². The standard InChI is InChI=1S/C19H11Cl2F3N4O2/c20-14-4-13(5-15(21)6-14)18(30,19(22,23)24)7-17(29)11-1-2-16(12(3-11)8-25)28-10-26-9-27-28/h1-6,9-10,30H,7H2. The highest BCUT2D eigenvalue weighted by atomic mass is 35.5. The second-order valence-corrected chi connectivity index (χ2v) is 7.17. The summed E-state index contributed by atoms with van der Waals surface area (Å²) in [7, 11) is 0. The maximum absolute atomic E-state index is 13.8. The van der Waals surface area contributed by atoms with E-state index < -0.39 is 29.5 Å². The summed E-state index contributed by atoms with van der Waals surface area (Å²) in [4.78, 5) is 16.4. The predicted molar refractivity (Wildman–Crippen MR) is 101 cm³/mol. The third kappa shape index (κ3) is 4.16. The number of ketones is 1. The summed E-state index contributed by atoms with van der Waals surface area (Å²) in [5, 5.41) is 23.4. The average molecular weight is 455 g/mol. The van der Waals surface area contributed by atoms with Crippen LogP contribution in [0.3, 0.4) is 0 Å². The number of nitrogens with zero attached hydrogens (tertiary/aromatic N) is 4. The zero-order valence-corrected chi connectivity index (χ0v) is 16.4. The Morgan fingerprint density at radius 3 is 2.37 bits per heavy atom. The van der Waals surface area contributed by atoms with Gasteiger partial charge < -0.3 is 5.11 Å². The summed E-state index contributed by atoms with van der Waals surface area (Å²) in [5.74, 6) is -1.03. The number of Topliss-reactive ketones (excluding diaryl/α,β-unsaturated/α-hetero) is 1. The van der Waals surface area contributed by atoms with Gasteiger partial charge in [-0.2, -0.15) is 23.5 Å². The van der Waals surface area contributed by atoms with Gasteiger partial charge in [-0.25, -0.2) is 9.67 Å². The summed E-state index contributed by atoms with van der Waals surface area (Å²) < 4.78 is 42.6. The summed E-state index contributed by atoms with van der Waals surface area (Å²) in [5.41, 5.74) is -4.10. The van der Waals surface area contributed by atoms with Crippen molar-refractivity contribution < 1.29 is 23.1 Å². The van der Waals surface area contributed by atoms with E-state index >= 15 is 0 Å². The first-order valence-corrected chi connectivity index (χ1v) is 8.99. The van der Waals surface area contributed by atoms with Gasteiger partial charge >= 0.3 is 6.18 Å². The van der Waals surface area contributed by atoms with Crippen molar-refractivity contribution in [1.82, 2.24) is 14.8 Å². The van der Waals surface area contributed by atoms with E-state index in [1.807, 2.05) is 6.07 Å². The van der Waals surface area contributed by atoms with Crippen LogP contribution in [0.2, 0.25) is 10.0 Å². The molecule has 6 nitrogen and oxygen atoms in total. The molecule has 0 spiro atoms. The van der Waals surface area contributed by atoms with Crippen molar-refractivity contribution in [1.29, 1.82) is 5.26 Å². The molecule has 0 fully saturated rings. The summed E-state index contributed by atoms with van der Waals surface area (Å²) >= 11 is 11.5. The number of hydrogen-bond acceptors (Lipinski definition) is 5. The number of aromatic nitrogens is 3. The number of carbonyl (C=O) groups excluding carboxylic acids is 1. The van der Waals surface area contributed by atoms with Crippen LogP contribution in [0, 0.1) is 11.3 Å². The highest BCUT2D eigenvalue weighted by Crippen LogP contribution is 2.43. The predicted octanol–water partition coefficient (Wildman–Crippen LogP) is 4.47. The monoisotopic (exact) mass is 454 g/mol. The molecule has 1 aromatic heterocycles. The maximum atomic E-state index is 13.8. The van der Waals surface area contributed by atoms with E-state index in [4.69, 9.17) is 23.2 Å². The zero-order chi connectivity index (χ0) is 22.1. The summed E-state index contributed by atoms with van der Waals surface area (Å²) in [6.45, 7) is 0. The lowest BCUT2D eigenvalue weighted by Crippen LogP contribution is -2.44. The highest BCUT2D eigenvalue weighted by Gasteiger charge is 2.56. The van der Waals surface area contributed by atoms with Gasteiger partial charge in [-0.1, -0.05) is 23.2 Å². The molecule has 0 aliphatic heterocycles. The van der Waals surface area contributed by atoms with Gasteiger partial charge in [0, 0.05) is 15.6 Å². The smallest absolute Gasteiger partial charge is 0.376 e. The third-order valence-corrected chi connectivity index (χ3v) is 4.77. The summed E-state index contributed by atoms with van der Waals surface area (Å²) in [6.07, 6.45) is -3.97. The molecule has 0 radical (unpaired) electrons. The van der Waals surface area contributed by atoms with Gasteiger partial charge in [-0.3, -0.25) is 4.79 Å². The largest absolute Gasteiger partial charge is 0.421 e. The Kier molecular flexibility index (Phi) is 5.85. The minimum absolute atomic E-state index is 0.00676. The lowest BCUT2D eigenvalue weighted by atomic mass is 9.86. The van der Waals surface area contributed by atoms with Crippen molar-refractivity contribution in [3.05, 3.63) is 75.8 Å². The van der Waals surface area contributed by atoms with Crippen LogP contribution in [0.15, 0.2) is 49.1 Å². The van der Waals surface area contributed by atoms with Crippen LogP contribution in [0.5, 0.6) is 0 Å². The Morgan fingerprint density at radius 1 is 1.17 bits per heavy atom. The molecule has 11 heteroatoms. The second kappa shape index (κ2) is 8.07. The molecule has 1 unspecified atom stereocenters. The number of rotatable bonds is 5. The van der Waals surface area contributed by atoms with Crippen LogP contribution in [-0.4, -0.2) is 31.8 Å². The van der Waals surface area contributed by atoms with E-state index in [-0.39, 0.29) is 21.2 Å². The topological polar surface area (TPSA) is 91.8 Å². The van der Waals surface area contributed by atoms with Crippen LogP contribution in [0.4, 0.5) is 13.2 Å². The van der Waals surface area contributed by atoms with Crippen LogP contribution in [0.25, 0.3) is 5.69 Å². The number of nitriles is 1. The minimum atomic E-state index is -5.20. The Bertz CT molecular complexity index is 1120. The van der Waals surface area contributed by atoms with Crippen molar-refractivity contribution in [3.8, 4) is 11.8 Å². The first-order chi connectivity index (χ1) is 14.0. The van der Waals surface area contributed by atoms with E-state index in [0.717, 1.165) is 18.2 Å². The van der Waals surface area contributed by atoms with Crippen LogP contribution in [-0.2, 0) is 5.60 Å². The maximum Gasteiger partial charge on any atom is 0.421 e. The molecule has 0 bridgehead atoms. The molecule has 2 aromatic carbocycles. The van der Waals surface area contributed by atoms with Crippen molar-refractivity contribution in [3.63, 3.8) is 0 Å². The lowest BCUT2D eigenvalue weighted by molar-refractivity contribution is -0.264. The second-order valence-electron chi connectivity index (χ2n) is 6.30. The molecule has 0 saturated carbocycles. The van der Waals surface area contributed by atoms with Gasteiger partial charge in [0.1, 0.15) is 18.7 Å². The van der Waals surface area contributed by atoms with Crippen molar-refractivity contribution in [2.45, 2.75) is 18.2 Å². The Labute approximate surface area is 178 Å². The van der Waals surface area contributed by atoms with Gasteiger partial charge in [0.05, 0.1) is 17.7 Å². The summed E-state index contributed by atoms with van der Waals surface area (Å²) in [6, 6.07) is 8.56. The third-order valence-electron chi connectivity index (χ3n) is 4.33. The highest BCUT2D eigenvalue weighted by molar-refractivity contribution is 6.34. The first-order valence-electron chi connectivity index (χ1n) is 8.23. The van der Waals surface area contributed by atoms with Gasteiger partial charge in [0.15, 0.2) is 11.4 Å². The van der Waals surface area contributed by atoms with Gasteiger partial charge in [0.25, 0.3) is 0 Å². The molecule has 3 aromatic rings. The molecular formula is C19H11Cl2F3N4O2. The van der Waals surface area contributed by atoms with Gasteiger partial charge in [-0.15, -0.1) is 0 Å². The van der Waals surface area contributed by atoms with Gasteiger partial charge in [0.2, 0.25) is 0 Å². The molecule has 30 heavy (non-hydrogen) atoms. The van der Waals surface area contributed by atoms with E-state index in [0.29, 0.717) is 5.69 Å². The van der Waals surface area contributed by atoms with Crippen molar-refractivity contribution in [2.24, 2.45) is 0 Å². The number of alkyl halides is 3. The minimum Gasteiger partial charge on any atom is -0.376 e. The van der Waals surface area contributed by atoms with Crippen LogP contribution >= 0.6 is 23.2 Å². The van der Waals surface area contributed by atoms with Crippen LogP contribution < -0.4 is 0 Å². The SMILES string of the molecule is N#Cc1cc(C(=O)CC(O)(c2cc(Cl)cc(Cl)c2)C(F)(F)F)ccc1-n1cncn1. The molecule has 0 saturated heterocycles. The molecule has 1 atom stereocenters. The van der Waals surface area contributed by atoms with Crippen molar-refractivity contribution >= 4 is 29.0 Å². The quantitative estimate of drug-likeness (QED) is 0.574. The normalized spacial score (nSPS) is 13.5. The molecule has 0 aliphatic rings. The number of hydrogen-bond donors (Lipinski definition) is 1. The molecule has 3 rings (SSSR count). The van der Waals surface area contributed by atoms with Crippen molar-refractivity contribution in [2.75, 3.05) is 0 Å². The fourth-order valence-electron chi connectivity index (χ4n) is 2.82. The van der Waals surface area contributed by atoms with E-state index in [2.05, 4.69) is 10.1 Å². The lowest BCUT2D eigenvalue weighted by Gasteiger charge is -2.30. The molecular weight excluding hydrogens is 444 g/mol. The number of benzene rings is 2. The molecule has 154 valence electrons. The Balaban J connectivity index is 2.00. The number of halogens is 5. The first kappa shape index (κ1) is 21.8. The fourth-order valence-corrected chi connectivity index (χ4v) is 3.35.